The van der Waals surface area contributed by atoms with Crippen molar-refractivity contribution >= 4 is 16.8 Å². The number of oxazole rings is 1. The summed E-state index contributed by atoms with van der Waals surface area (Å²) in [5.41, 5.74) is 2.16. The first-order valence-electron chi connectivity index (χ1n) is 4.82. The van der Waals surface area contributed by atoms with Crippen molar-refractivity contribution < 1.29 is 9.21 Å². The number of hydrogen-bond donors (Lipinski definition) is 0. The fraction of sp³-hybridized carbons (Fsp3) is 0.167. The molecule has 0 aliphatic heterocycles. The van der Waals surface area contributed by atoms with E-state index in [0.29, 0.717) is 11.5 Å². The molecule has 0 radical (unpaired) electrons. The Bertz CT molecular complexity index is 509. The zero-order valence-electron chi connectivity index (χ0n) is 8.95. The first-order chi connectivity index (χ1) is 7.58. The minimum atomic E-state index is -0.466. The van der Waals surface area contributed by atoms with Crippen LogP contribution in [0.25, 0.3) is 11.5 Å². The normalized spacial score (nSPS) is 10.4. The lowest BCUT2D eigenvalue weighted by molar-refractivity contribution is 0.108. The molecule has 0 amide bonds. The molecule has 0 fully saturated rings. The summed E-state index contributed by atoms with van der Waals surface area (Å²) in [6.45, 7) is 3.75. The molecular weight excluding hydrogens is 226 g/mol. The molecule has 4 heteroatoms. The Balaban J connectivity index is 2.38. The van der Waals surface area contributed by atoms with E-state index in [4.69, 9.17) is 16.0 Å². The SMILES string of the molecule is Cc1nc(-c2ccc(C(=O)Cl)cc2)oc1C. The van der Waals surface area contributed by atoms with Gasteiger partial charge in [0.1, 0.15) is 5.76 Å². The van der Waals surface area contributed by atoms with Gasteiger partial charge in [0.2, 0.25) is 5.89 Å². The van der Waals surface area contributed by atoms with Crippen LogP contribution < -0.4 is 0 Å². The zero-order chi connectivity index (χ0) is 11.7. The van der Waals surface area contributed by atoms with Crippen LogP contribution in [0, 0.1) is 13.8 Å². The maximum Gasteiger partial charge on any atom is 0.252 e. The Labute approximate surface area is 98.1 Å². The largest absolute Gasteiger partial charge is 0.441 e. The Kier molecular flexibility index (Phi) is 2.79. The summed E-state index contributed by atoms with van der Waals surface area (Å²) in [6, 6.07) is 6.83. The van der Waals surface area contributed by atoms with Gasteiger partial charge in [-0.05, 0) is 49.7 Å². The lowest BCUT2D eigenvalue weighted by Crippen LogP contribution is -1.87. The lowest BCUT2D eigenvalue weighted by atomic mass is 10.1. The van der Waals surface area contributed by atoms with Crippen LogP contribution in [0.5, 0.6) is 0 Å². The van der Waals surface area contributed by atoms with E-state index >= 15 is 0 Å². The van der Waals surface area contributed by atoms with E-state index in [1.54, 1.807) is 24.3 Å². The molecule has 3 nitrogen and oxygen atoms in total. The Morgan fingerprint density at radius 3 is 2.31 bits per heavy atom. The lowest BCUT2D eigenvalue weighted by Gasteiger charge is -1.96. The summed E-state index contributed by atoms with van der Waals surface area (Å²) in [6.07, 6.45) is 0. The van der Waals surface area contributed by atoms with Gasteiger partial charge in [-0.15, -0.1) is 0 Å². The van der Waals surface area contributed by atoms with Crippen LogP contribution >= 0.6 is 11.6 Å². The molecule has 16 heavy (non-hydrogen) atoms. The van der Waals surface area contributed by atoms with Gasteiger partial charge in [-0.2, -0.15) is 0 Å². The number of rotatable bonds is 2. The molecule has 0 saturated heterocycles. The number of hydrogen-bond acceptors (Lipinski definition) is 3. The minimum Gasteiger partial charge on any atom is -0.441 e. The molecule has 82 valence electrons. The fourth-order valence-corrected chi connectivity index (χ4v) is 1.47. The van der Waals surface area contributed by atoms with Crippen molar-refractivity contribution in [3.63, 3.8) is 0 Å². The summed E-state index contributed by atoms with van der Waals surface area (Å²) in [5.74, 6) is 1.36. The second kappa shape index (κ2) is 4.10. The summed E-state index contributed by atoms with van der Waals surface area (Å²) < 4.78 is 5.47. The monoisotopic (exact) mass is 235 g/mol. The van der Waals surface area contributed by atoms with Crippen LogP contribution in [0.3, 0.4) is 0 Å². The predicted molar refractivity (Wildman–Crippen MR) is 61.6 cm³/mol. The minimum absolute atomic E-state index is 0.463. The third kappa shape index (κ3) is 1.99. The van der Waals surface area contributed by atoms with E-state index < -0.39 is 5.24 Å². The van der Waals surface area contributed by atoms with Crippen molar-refractivity contribution in [3.8, 4) is 11.5 Å². The molecule has 1 aromatic carbocycles. The molecule has 0 aliphatic rings. The van der Waals surface area contributed by atoms with E-state index in [1.807, 2.05) is 13.8 Å². The predicted octanol–water partition coefficient (Wildman–Crippen LogP) is 3.34. The van der Waals surface area contributed by atoms with Crippen LogP contribution in [-0.4, -0.2) is 10.2 Å². The number of carbonyl (C=O) groups excluding carboxylic acids is 1. The van der Waals surface area contributed by atoms with Crippen molar-refractivity contribution in [3.05, 3.63) is 41.3 Å². The molecule has 1 heterocycles. The van der Waals surface area contributed by atoms with Crippen molar-refractivity contribution in [1.29, 1.82) is 0 Å². The first-order valence-corrected chi connectivity index (χ1v) is 5.20. The van der Waals surface area contributed by atoms with Gasteiger partial charge in [0, 0.05) is 11.1 Å². The van der Waals surface area contributed by atoms with Crippen LogP contribution in [0.1, 0.15) is 21.8 Å². The quantitative estimate of drug-likeness (QED) is 0.750. The second-order valence-electron chi connectivity index (χ2n) is 3.51. The summed E-state index contributed by atoms with van der Waals surface area (Å²) in [5, 5.41) is -0.466. The molecular formula is C12H10ClNO2. The molecule has 0 spiro atoms. The van der Waals surface area contributed by atoms with Crippen molar-refractivity contribution in [2.24, 2.45) is 0 Å². The number of nitrogens with zero attached hydrogens (tertiary/aromatic N) is 1. The van der Waals surface area contributed by atoms with E-state index in [2.05, 4.69) is 4.98 Å². The van der Waals surface area contributed by atoms with E-state index in [0.717, 1.165) is 17.0 Å². The molecule has 2 rings (SSSR count). The van der Waals surface area contributed by atoms with Gasteiger partial charge < -0.3 is 4.42 Å². The molecule has 0 atom stereocenters. The summed E-state index contributed by atoms with van der Waals surface area (Å²) >= 11 is 5.35. The molecule has 1 aromatic heterocycles. The van der Waals surface area contributed by atoms with Crippen molar-refractivity contribution in [2.75, 3.05) is 0 Å². The maximum atomic E-state index is 10.9. The van der Waals surface area contributed by atoms with Crippen molar-refractivity contribution in [1.82, 2.24) is 4.98 Å². The van der Waals surface area contributed by atoms with Crippen LogP contribution in [0.15, 0.2) is 28.7 Å². The third-order valence-electron chi connectivity index (χ3n) is 2.39. The second-order valence-corrected chi connectivity index (χ2v) is 3.85. The molecule has 0 saturated carbocycles. The highest BCUT2D eigenvalue weighted by Crippen LogP contribution is 2.21. The topological polar surface area (TPSA) is 43.1 Å². The summed E-state index contributed by atoms with van der Waals surface area (Å²) in [4.78, 5) is 15.1. The number of aromatic nitrogens is 1. The molecule has 0 unspecified atom stereocenters. The molecule has 2 aromatic rings. The van der Waals surface area contributed by atoms with Crippen molar-refractivity contribution in [2.45, 2.75) is 13.8 Å². The third-order valence-corrected chi connectivity index (χ3v) is 2.61. The molecule has 0 aliphatic carbocycles. The first kappa shape index (κ1) is 10.9. The number of aryl methyl sites for hydroxylation is 2. The van der Waals surface area contributed by atoms with E-state index in [-0.39, 0.29) is 0 Å². The Morgan fingerprint density at radius 1 is 1.25 bits per heavy atom. The van der Waals surface area contributed by atoms with Gasteiger partial charge in [0.15, 0.2) is 0 Å². The van der Waals surface area contributed by atoms with Crippen LogP contribution in [0.4, 0.5) is 0 Å². The summed E-state index contributed by atoms with van der Waals surface area (Å²) in [7, 11) is 0. The van der Waals surface area contributed by atoms with Gasteiger partial charge >= 0.3 is 0 Å². The van der Waals surface area contributed by atoms with E-state index in [9.17, 15) is 4.79 Å². The average molecular weight is 236 g/mol. The zero-order valence-corrected chi connectivity index (χ0v) is 9.71. The Morgan fingerprint density at radius 2 is 1.88 bits per heavy atom. The smallest absolute Gasteiger partial charge is 0.252 e. The average Bonchev–Trinajstić information content (AvgIpc) is 2.59. The Hall–Kier alpha value is -1.61. The highest BCUT2D eigenvalue weighted by Gasteiger charge is 2.08. The molecule has 0 bridgehead atoms. The molecule has 0 N–H and O–H groups in total. The maximum absolute atomic E-state index is 10.9. The van der Waals surface area contributed by atoms with Gasteiger partial charge in [-0.1, -0.05) is 0 Å². The fourth-order valence-electron chi connectivity index (χ4n) is 1.34. The number of benzene rings is 1. The van der Waals surface area contributed by atoms with Gasteiger partial charge in [0.25, 0.3) is 5.24 Å². The van der Waals surface area contributed by atoms with Crippen LogP contribution in [-0.2, 0) is 0 Å². The number of halogens is 1. The number of carbonyl (C=O) groups is 1. The highest BCUT2D eigenvalue weighted by atomic mass is 35.5. The van der Waals surface area contributed by atoms with Gasteiger partial charge in [0.05, 0.1) is 5.69 Å². The van der Waals surface area contributed by atoms with Gasteiger partial charge in [-0.25, -0.2) is 4.98 Å². The standard InChI is InChI=1S/C12H10ClNO2/c1-7-8(2)16-12(14-7)10-5-3-9(4-6-10)11(13)15/h3-6H,1-2H3. The van der Waals surface area contributed by atoms with Gasteiger partial charge in [-0.3, -0.25) is 4.79 Å². The van der Waals surface area contributed by atoms with Crippen LogP contribution in [0.2, 0.25) is 0 Å². The van der Waals surface area contributed by atoms with E-state index in [1.165, 1.54) is 0 Å². The highest BCUT2D eigenvalue weighted by molar-refractivity contribution is 6.67.